The summed E-state index contributed by atoms with van der Waals surface area (Å²) in [4.78, 5) is 12.0. The first-order valence-corrected chi connectivity index (χ1v) is 6.90. The summed E-state index contributed by atoms with van der Waals surface area (Å²) in [5, 5.41) is 2.93. The molecule has 0 bridgehead atoms. The molecular formula is C13H16INO2. The fourth-order valence-electron chi connectivity index (χ4n) is 1.91. The Morgan fingerprint density at radius 3 is 3.06 bits per heavy atom. The Labute approximate surface area is 115 Å². The molecule has 0 radical (unpaired) electrons. The van der Waals surface area contributed by atoms with E-state index < -0.39 is 0 Å². The molecule has 1 aromatic carbocycles. The van der Waals surface area contributed by atoms with Crippen molar-refractivity contribution in [1.29, 1.82) is 0 Å². The summed E-state index contributed by atoms with van der Waals surface area (Å²) in [6.07, 6.45) is 2.34. The SMILES string of the molecule is Cc1ccc(C(=O)NC[C@@H]2CCCO2)c(I)c1. The van der Waals surface area contributed by atoms with Gasteiger partial charge in [-0.1, -0.05) is 11.6 Å². The van der Waals surface area contributed by atoms with Gasteiger partial charge in [-0.3, -0.25) is 4.79 Å². The molecule has 0 unspecified atom stereocenters. The number of benzene rings is 1. The van der Waals surface area contributed by atoms with Crippen molar-refractivity contribution in [3.05, 3.63) is 32.9 Å². The van der Waals surface area contributed by atoms with Crippen LogP contribution < -0.4 is 5.32 Å². The highest BCUT2D eigenvalue weighted by Gasteiger charge is 2.17. The number of carbonyl (C=O) groups is 1. The maximum Gasteiger partial charge on any atom is 0.252 e. The largest absolute Gasteiger partial charge is 0.376 e. The summed E-state index contributed by atoms with van der Waals surface area (Å²) in [5.41, 5.74) is 1.92. The predicted molar refractivity (Wildman–Crippen MR) is 75.2 cm³/mol. The van der Waals surface area contributed by atoms with Crippen molar-refractivity contribution in [2.75, 3.05) is 13.2 Å². The Balaban J connectivity index is 1.94. The number of hydrogen-bond donors (Lipinski definition) is 1. The zero-order chi connectivity index (χ0) is 12.3. The van der Waals surface area contributed by atoms with E-state index >= 15 is 0 Å². The normalized spacial score (nSPS) is 19.3. The van der Waals surface area contributed by atoms with Gasteiger partial charge in [-0.05, 0) is 54.5 Å². The van der Waals surface area contributed by atoms with Crippen LogP contribution in [0.2, 0.25) is 0 Å². The van der Waals surface area contributed by atoms with E-state index in [4.69, 9.17) is 4.74 Å². The van der Waals surface area contributed by atoms with Crippen LogP contribution in [0.5, 0.6) is 0 Å². The van der Waals surface area contributed by atoms with Gasteiger partial charge in [0, 0.05) is 16.7 Å². The Morgan fingerprint density at radius 1 is 1.59 bits per heavy atom. The van der Waals surface area contributed by atoms with E-state index in [-0.39, 0.29) is 12.0 Å². The number of hydrogen-bond acceptors (Lipinski definition) is 2. The molecule has 3 nitrogen and oxygen atoms in total. The lowest BCUT2D eigenvalue weighted by Crippen LogP contribution is -2.32. The van der Waals surface area contributed by atoms with Crippen molar-refractivity contribution in [3.63, 3.8) is 0 Å². The van der Waals surface area contributed by atoms with E-state index in [1.165, 1.54) is 5.56 Å². The van der Waals surface area contributed by atoms with E-state index in [0.717, 1.165) is 28.6 Å². The highest BCUT2D eigenvalue weighted by molar-refractivity contribution is 14.1. The monoisotopic (exact) mass is 345 g/mol. The summed E-state index contributed by atoms with van der Waals surface area (Å²) >= 11 is 2.20. The lowest BCUT2D eigenvalue weighted by atomic mass is 10.1. The Morgan fingerprint density at radius 2 is 2.41 bits per heavy atom. The van der Waals surface area contributed by atoms with Gasteiger partial charge in [-0.2, -0.15) is 0 Å². The third kappa shape index (κ3) is 3.42. The van der Waals surface area contributed by atoms with E-state index in [1.807, 2.05) is 25.1 Å². The molecule has 0 aromatic heterocycles. The summed E-state index contributed by atoms with van der Waals surface area (Å²) in [6.45, 7) is 3.46. The molecule has 2 rings (SSSR count). The number of aryl methyl sites for hydroxylation is 1. The minimum absolute atomic E-state index is 0.00935. The van der Waals surface area contributed by atoms with Gasteiger partial charge < -0.3 is 10.1 Å². The molecule has 1 amide bonds. The second-order valence-electron chi connectivity index (χ2n) is 4.33. The molecule has 1 fully saturated rings. The van der Waals surface area contributed by atoms with Gasteiger partial charge in [0.05, 0.1) is 11.7 Å². The number of halogens is 1. The van der Waals surface area contributed by atoms with Crippen LogP contribution in [0, 0.1) is 10.5 Å². The van der Waals surface area contributed by atoms with Gasteiger partial charge >= 0.3 is 0 Å². The molecule has 0 spiro atoms. The standard InChI is InChI=1S/C13H16INO2/c1-9-4-5-11(12(14)7-9)13(16)15-8-10-3-2-6-17-10/h4-5,7,10H,2-3,6,8H2,1H3,(H,15,16)/t10-/m0/s1. The maximum absolute atomic E-state index is 12.0. The molecular weight excluding hydrogens is 329 g/mol. The molecule has 0 saturated carbocycles. The average molecular weight is 345 g/mol. The molecule has 4 heteroatoms. The van der Waals surface area contributed by atoms with Crippen LogP contribution in [0.15, 0.2) is 18.2 Å². The lowest BCUT2D eigenvalue weighted by Gasteiger charge is -2.11. The number of rotatable bonds is 3. The molecule has 92 valence electrons. The van der Waals surface area contributed by atoms with E-state index in [9.17, 15) is 4.79 Å². The van der Waals surface area contributed by atoms with Gasteiger partial charge in [0.1, 0.15) is 0 Å². The molecule has 1 heterocycles. The highest BCUT2D eigenvalue weighted by atomic mass is 127. The molecule has 1 aliphatic rings. The second-order valence-corrected chi connectivity index (χ2v) is 5.49. The first-order valence-electron chi connectivity index (χ1n) is 5.83. The predicted octanol–water partition coefficient (Wildman–Crippen LogP) is 2.51. The van der Waals surface area contributed by atoms with Gasteiger partial charge in [-0.25, -0.2) is 0 Å². The van der Waals surface area contributed by atoms with Crippen LogP contribution in [-0.2, 0) is 4.74 Å². The molecule has 1 atom stereocenters. The highest BCUT2D eigenvalue weighted by Crippen LogP contribution is 2.15. The third-order valence-electron chi connectivity index (χ3n) is 2.88. The third-order valence-corrected chi connectivity index (χ3v) is 3.78. The fourth-order valence-corrected chi connectivity index (χ4v) is 2.83. The van der Waals surface area contributed by atoms with Crippen molar-refractivity contribution in [2.24, 2.45) is 0 Å². The zero-order valence-corrected chi connectivity index (χ0v) is 12.0. The van der Waals surface area contributed by atoms with Crippen molar-refractivity contribution < 1.29 is 9.53 Å². The first-order chi connectivity index (χ1) is 8.16. The van der Waals surface area contributed by atoms with Crippen LogP contribution in [0.3, 0.4) is 0 Å². The lowest BCUT2D eigenvalue weighted by molar-refractivity contribution is 0.0857. The molecule has 1 saturated heterocycles. The van der Waals surface area contributed by atoms with Crippen molar-refractivity contribution in [3.8, 4) is 0 Å². The van der Waals surface area contributed by atoms with Gasteiger partial charge in [0.15, 0.2) is 0 Å². The maximum atomic E-state index is 12.0. The average Bonchev–Trinajstić information content (AvgIpc) is 2.78. The second kappa shape index (κ2) is 5.82. The smallest absolute Gasteiger partial charge is 0.252 e. The van der Waals surface area contributed by atoms with Crippen LogP contribution in [0.4, 0.5) is 0 Å². The van der Waals surface area contributed by atoms with Crippen LogP contribution in [-0.4, -0.2) is 25.2 Å². The van der Waals surface area contributed by atoms with Crippen molar-refractivity contribution in [2.45, 2.75) is 25.9 Å². The van der Waals surface area contributed by atoms with Gasteiger partial charge in [0.25, 0.3) is 5.91 Å². The number of nitrogens with one attached hydrogen (secondary N) is 1. The van der Waals surface area contributed by atoms with E-state index in [2.05, 4.69) is 27.9 Å². The molecule has 1 aromatic rings. The van der Waals surface area contributed by atoms with E-state index in [1.54, 1.807) is 0 Å². The van der Waals surface area contributed by atoms with Gasteiger partial charge in [-0.15, -0.1) is 0 Å². The molecule has 1 N–H and O–H groups in total. The van der Waals surface area contributed by atoms with Crippen molar-refractivity contribution in [1.82, 2.24) is 5.32 Å². The summed E-state index contributed by atoms with van der Waals surface area (Å²) in [7, 11) is 0. The molecule has 1 aliphatic heterocycles. The molecule has 17 heavy (non-hydrogen) atoms. The van der Waals surface area contributed by atoms with Crippen LogP contribution in [0.25, 0.3) is 0 Å². The van der Waals surface area contributed by atoms with E-state index in [0.29, 0.717) is 6.54 Å². The zero-order valence-electron chi connectivity index (χ0n) is 9.83. The Kier molecular flexibility index (Phi) is 4.39. The van der Waals surface area contributed by atoms with Crippen molar-refractivity contribution >= 4 is 28.5 Å². The summed E-state index contributed by atoms with van der Waals surface area (Å²) in [5.74, 6) is -0.00935. The Hall–Kier alpha value is -0.620. The quantitative estimate of drug-likeness (QED) is 0.855. The number of amides is 1. The summed E-state index contributed by atoms with van der Waals surface area (Å²) in [6, 6.07) is 5.85. The number of carbonyl (C=O) groups excluding carboxylic acids is 1. The topological polar surface area (TPSA) is 38.3 Å². The minimum atomic E-state index is -0.00935. The fraction of sp³-hybridized carbons (Fsp3) is 0.462. The van der Waals surface area contributed by atoms with Gasteiger partial charge in [0.2, 0.25) is 0 Å². The molecule has 0 aliphatic carbocycles. The van der Waals surface area contributed by atoms with Crippen LogP contribution >= 0.6 is 22.6 Å². The summed E-state index contributed by atoms with van der Waals surface area (Å²) < 4.78 is 6.46. The number of ether oxygens (including phenoxy) is 1. The Bertz CT molecular complexity index is 414. The first kappa shape index (κ1) is 12.8. The minimum Gasteiger partial charge on any atom is -0.376 e. The van der Waals surface area contributed by atoms with Crippen LogP contribution in [0.1, 0.15) is 28.8 Å².